The molecule has 0 unspecified atom stereocenters. The summed E-state index contributed by atoms with van der Waals surface area (Å²) in [6, 6.07) is 3.06. The molecule has 6 nitrogen and oxygen atoms in total. The van der Waals surface area contributed by atoms with Gasteiger partial charge in [0.1, 0.15) is 22.7 Å². The van der Waals surface area contributed by atoms with E-state index in [0.29, 0.717) is 34.5 Å². The lowest BCUT2D eigenvalue weighted by atomic mass is 9.92. The fraction of sp³-hybridized carbons (Fsp3) is 0.412. The van der Waals surface area contributed by atoms with Crippen LogP contribution in [0.4, 0.5) is 0 Å². The Morgan fingerprint density at radius 3 is 2.83 bits per heavy atom. The zero-order chi connectivity index (χ0) is 16.8. The number of fused-ring (bicyclic) bond motifs is 3. The Kier molecular flexibility index (Phi) is 3.55. The molecule has 1 aromatic heterocycles. The molecule has 1 aliphatic heterocycles. The molecule has 0 bridgehead atoms. The van der Waals surface area contributed by atoms with Gasteiger partial charge in [0, 0.05) is 17.7 Å². The maximum Gasteiger partial charge on any atom is 0.341 e. The van der Waals surface area contributed by atoms with Gasteiger partial charge < -0.3 is 19.0 Å². The average Bonchev–Trinajstić information content (AvgIpc) is 2.42. The summed E-state index contributed by atoms with van der Waals surface area (Å²) in [6.07, 6.45) is 1.51. The van der Waals surface area contributed by atoms with Crippen LogP contribution >= 0.6 is 0 Å². The molecule has 0 radical (unpaired) electrons. The van der Waals surface area contributed by atoms with Crippen molar-refractivity contribution >= 4 is 16.9 Å². The lowest BCUT2D eigenvalue weighted by Crippen LogP contribution is -2.32. The van der Waals surface area contributed by atoms with Gasteiger partial charge in [0.05, 0.1) is 5.39 Å². The first kappa shape index (κ1) is 15.4. The molecule has 1 aliphatic rings. The molecule has 0 saturated heterocycles. The Morgan fingerprint density at radius 1 is 1.39 bits per heavy atom. The van der Waals surface area contributed by atoms with Crippen molar-refractivity contribution in [2.45, 2.75) is 39.2 Å². The average molecular weight is 318 g/mol. The second-order valence-electron chi connectivity index (χ2n) is 6.35. The highest BCUT2D eigenvalue weighted by molar-refractivity contribution is 5.91. The van der Waals surface area contributed by atoms with E-state index in [1.807, 2.05) is 13.8 Å². The van der Waals surface area contributed by atoms with Gasteiger partial charge in [0.15, 0.2) is 6.61 Å². The van der Waals surface area contributed by atoms with Crippen LogP contribution in [0.15, 0.2) is 21.3 Å². The van der Waals surface area contributed by atoms with Crippen LogP contribution in [0.3, 0.4) is 0 Å². The minimum absolute atomic E-state index is 0.338. The van der Waals surface area contributed by atoms with Crippen molar-refractivity contribution in [3.63, 3.8) is 0 Å². The maximum absolute atomic E-state index is 11.8. The highest BCUT2D eigenvalue weighted by Crippen LogP contribution is 2.42. The number of carbonyl (C=O) groups is 1. The van der Waals surface area contributed by atoms with Gasteiger partial charge in [-0.05, 0) is 39.2 Å². The third-order valence-electron chi connectivity index (χ3n) is 3.95. The molecule has 0 atom stereocenters. The summed E-state index contributed by atoms with van der Waals surface area (Å²) in [5.41, 5.74) is 1.14. The van der Waals surface area contributed by atoms with Crippen molar-refractivity contribution in [3.8, 4) is 11.5 Å². The van der Waals surface area contributed by atoms with Crippen molar-refractivity contribution in [1.82, 2.24) is 0 Å². The number of ether oxygens (including phenoxy) is 2. The molecule has 0 spiro atoms. The Bertz CT molecular complexity index is 846. The molecule has 2 heterocycles. The van der Waals surface area contributed by atoms with Crippen LogP contribution in [0, 0.1) is 6.92 Å². The standard InChI is InChI=1S/C17H18O6/c1-9-6-14(20)22-16-10-4-5-17(2,3)23-11(10)7-12(15(9)16)21-8-13(18)19/h6-7H,4-5,8H2,1-3H3,(H,18,19). The zero-order valence-corrected chi connectivity index (χ0v) is 13.3. The minimum Gasteiger partial charge on any atom is -0.487 e. The summed E-state index contributed by atoms with van der Waals surface area (Å²) in [5.74, 6) is -0.157. The molecule has 3 rings (SSSR count). The van der Waals surface area contributed by atoms with E-state index in [0.717, 1.165) is 12.0 Å². The van der Waals surface area contributed by atoms with Crippen LogP contribution in [0.2, 0.25) is 0 Å². The fourth-order valence-electron chi connectivity index (χ4n) is 2.87. The van der Waals surface area contributed by atoms with Gasteiger partial charge in [-0.3, -0.25) is 0 Å². The van der Waals surface area contributed by atoms with Gasteiger partial charge in [-0.15, -0.1) is 0 Å². The monoisotopic (exact) mass is 318 g/mol. The topological polar surface area (TPSA) is 86.0 Å². The minimum atomic E-state index is -1.08. The summed E-state index contributed by atoms with van der Waals surface area (Å²) in [7, 11) is 0. The first-order chi connectivity index (χ1) is 10.8. The highest BCUT2D eigenvalue weighted by Gasteiger charge is 2.30. The number of aryl methyl sites for hydroxylation is 2. The Labute approximate surface area is 132 Å². The molecule has 0 aliphatic carbocycles. The van der Waals surface area contributed by atoms with E-state index < -0.39 is 18.2 Å². The largest absolute Gasteiger partial charge is 0.487 e. The number of rotatable bonds is 3. The van der Waals surface area contributed by atoms with Gasteiger partial charge in [-0.2, -0.15) is 0 Å². The summed E-state index contributed by atoms with van der Waals surface area (Å²) >= 11 is 0. The number of aliphatic carboxylic acids is 1. The van der Waals surface area contributed by atoms with Crippen molar-refractivity contribution in [2.75, 3.05) is 6.61 Å². The van der Waals surface area contributed by atoms with Crippen molar-refractivity contribution in [3.05, 3.63) is 33.7 Å². The van der Waals surface area contributed by atoms with E-state index >= 15 is 0 Å². The fourth-order valence-corrected chi connectivity index (χ4v) is 2.87. The van der Waals surface area contributed by atoms with Gasteiger partial charge in [-0.1, -0.05) is 0 Å². The van der Waals surface area contributed by atoms with Gasteiger partial charge in [0.2, 0.25) is 0 Å². The van der Waals surface area contributed by atoms with Crippen LogP contribution in [0.25, 0.3) is 11.0 Å². The molecular weight excluding hydrogens is 300 g/mol. The van der Waals surface area contributed by atoms with Gasteiger partial charge in [-0.25, -0.2) is 9.59 Å². The van der Waals surface area contributed by atoms with Crippen LogP contribution in [0.5, 0.6) is 11.5 Å². The van der Waals surface area contributed by atoms with Crippen LogP contribution in [0.1, 0.15) is 31.4 Å². The number of carboxylic acids is 1. The molecule has 0 saturated carbocycles. The van der Waals surface area contributed by atoms with Gasteiger partial charge >= 0.3 is 11.6 Å². The van der Waals surface area contributed by atoms with Gasteiger partial charge in [0.25, 0.3) is 0 Å². The third-order valence-corrected chi connectivity index (χ3v) is 3.95. The molecule has 1 N–H and O–H groups in total. The normalized spacial score (nSPS) is 15.8. The summed E-state index contributed by atoms with van der Waals surface area (Å²) in [5, 5.41) is 9.47. The molecule has 2 aromatic rings. The number of hydrogen-bond donors (Lipinski definition) is 1. The van der Waals surface area contributed by atoms with Crippen molar-refractivity contribution in [1.29, 1.82) is 0 Å². The molecule has 6 heteroatoms. The van der Waals surface area contributed by atoms with E-state index in [1.54, 1.807) is 13.0 Å². The second-order valence-corrected chi connectivity index (χ2v) is 6.35. The first-order valence-corrected chi connectivity index (χ1v) is 7.41. The zero-order valence-electron chi connectivity index (χ0n) is 13.3. The SMILES string of the molecule is Cc1cc(=O)oc2c3c(cc(OCC(=O)O)c12)OC(C)(C)CC3. The van der Waals surface area contributed by atoms with Crippen molar-refractivity contribution < 1.29 is 23.8 Å². The summed E-state index contributed by atoms with van der Waals surface area (Å²) in [6.45, 7) is 5.25. The maximum atomic E-state index is 11.8. The van der Waals surface area contributed by atoms with E-state index in [1.165, 1.54) is 6.07 Å². The first-order valence-electron chi connectivity index (χ1n) is 7.41. The number of hydrogen-bond acceptors (Lipinski definition) is 5. The van der Waals surface area contributed by atoms with Crippen LogP contribution < -0.4 is 15.1 Å². The Morgan fingerprint density at radius 2 is 2.13 bits per heavy atom. The summed E-state index contributed by atoms with van der Waals surface area (Å²) in [4.78, 5) is 22.6. The second kappa shape index (κ2) is 5.30. The quantitative estimate of drug-likeness (QED) is 0.876. The third kappa shape index (κ3) is 2.88. The predicted molar refractivity (Wildman–Crippen MR) is 83.4 cm³/mol. The van der Waals surface area contributed by atoms with E-state index in [2.05, 4.69) is 0 Å². The van der Waals surface area contributed by atoms with Crippen molar-refractivity contribution in [2.24, 2.45) is 0 Å². The van der Waals surface area contributed by atoms with Crippen LogP contribution in [-0.2, 0) is 11.2 Å². The Hall–Kier alpha value is -2.50. The molecule has 0 amide bonds. The Balaban J connectivity index is 2.25. The van der Waals surface area contributed by atoms with E-state index in [4.69, 9.17) is 19.0 Å². The summed E-state index contributed by atoms with van der Waals surface area (Å²) < 4.78 is 16.8. The molecular formula is C17H18O6. The number of benzene rings is 1. The smallest absolute Gasteiger partial charge is 0.341 e. The molecule has 1 aromatic carbocycles. The lowest BCUT2D eigenvalue weighted by Gasteiger charge is -2.33. The van der Waals surface area contributed by atoms with Crippen LogP contribution in [-0.4, -0.2) is 23.3 Å². The molecule has 23 heavy (non-hydrogen) atoms. The van der Waals surface area contributed by atoms with E-state index in [-0.39, 0.29) is 5.60 Å². The highest BCUT2D eigenvalue weighted by atomic mass is 16.5. The molecule has 0 fully saturated rings. The lowest BCUT2D eigenvalue weighted by molar-refractivity contribution is -0.139. The van der Waals surface area contributed by atoms with E-state index in [9.17, 15) is 9.59 Å². The predicted octanol–water partition coefficient (Wildman–Crippen LogP) is 2.67. The number of carboxylic acid groups (broad SMARTS) is 1. The molecule has 122 valence electrons.